The topological polar surface area (TPSA) is 41.6 Å². The number of carbonyl (C=O) groups is 1. The van der Waals surface area contributed by atoms with Gasteiger partial charge in [-0.2, -0.15) is 0 Å². The van der Waals surface area contributed by atoms with Crippen LogP contribution >= 0.6 is 23.7 Å². The minimum atomic E-state index is -0.945. The molecule has 1 heterocycles. The Morgan fingerprint density at radius 3 is 2.53 bits per heavy atom. The number of nitrogens with zero attached hydrogens (tertiary/aromatic N) is 1. The van der Waals surface area contributed by atoms with Gasteiger partial charge in [0, 0.05) is 30.6 Å². The van der Waals surface area contributed by atoms with Crippen molar-refractivity contribution in [2.75, 3.05) is 19.7 Å². The van der Waals surface area contributed by atoms with Crippen molar-refractivity contribution in [1.29, 1.82) is 0 Å². The third-order valence-corrected chi connectivity index (χ3v) is 7.96. The molecule has 1 aromatic carbocycles. The number of fused-ring (bicyclic) bond motifs is 2. The number of benzene rings is 1. The summed E-state index contributed by atoms with van der Waals surface area (Å²) in [5, 5.41) is -0.463. The van der Waals surface area contributed by atoms with Crippen LogP contribution in [0.4, 0.5) is 8.78 Å². The number of hydrogen-bond donors (Lipinski definition) is 1. The van der Waals surface area contributed by atoms with E-state index in [2.05, 4.69) is 18.6 Å². The quantitative estimate of drug-likeness (QED) is 0.429. The summed E-state index contributed by atoms with van der Waals surface area (Å²) >= 11 is 7.22. The average molecular weight is 459 g/mol. The Kier molecular flexibility index (Phi) is 6.52. The van der Waals surface area contributed by atoms with Crippen molar-refractivity contribution < 1.29 is 18.3 Å². The highest BCUT2D eigenvalue weighted by Crippen LogP contribution is 2.53. The van der Waals surface area contributed by atoms with Gasteiger partial charge in [-0.3, -0.25) is 9.52 Å². The highest BCUT2D eigenvalue weighted by atomic mass is 35.5. The maximum Gasteiger partial charge on any atom is 0.265 e. The van der Waals surface area contributed by atoms with Crippen LogP contribution in [0.25, 0.3) is 0 Å². The first kappa shape index (κ1) is 22.2. The summed E-state index contributed by atoms with van der Waals surface area (Å²) in [5.74, 6) is -0.865. The second kappa shape index (κ2) is 8.83. The van der Waals surface area contributed by atoms with Crippen LogP contribution in [0.5, 0.6) is 5.75 Å². The summed E-state index contributed by atoms with van der Waals surface area (Å²) in [7, 11) is 0. The maximum atomic E-state index is 14.8. The summed E-state index contributed by atoms with van der Waals surface area (Å²) < 4.78 is 39.9. The fourth-order valence-corrected chi connectivity index (χ4v) is 6.74. The van der Waals surface area contributed by atoms with Gasteiger partial charge in [-0.05, 0) is 62.3 Å². The fourth-order valence-electron chi connectivity index (χ4n) is 5.73. The van der Waals surface area contributed by atoms with Crippen LogP contribution in [0.1, 0.15) is 62.7 Å². The monoisotopic (exact) mass is 458 g/mol. The van der Waals surface area contributed by atoms with Crippen LogP contribution in [0.15, 0.2) is 6.07 Å². The van der Waals surface area contributed by atoms with E-state index in [1.54, 1.807) is 0 Å². The molecule has 2 aliphatic carbocycles. The first-order valence-corrected chi connectivity index (χ1v) is 11.9. The van der Waals surface area contributed by atoms with Gasteiger partial charge in [0.25, 0.3) is 5.91 Å². The molecule has 30 heavy (non-hydrogen) atoms. The van der Waals surface area contributed by atoms with Crippen LogP contribution < -0.4 is 9.46 Å². The van der Waals surface area contributed by atoms with Gasteiger partial charge >= 0.3 is 0 Å². The lowest BCUT2D eigenvalue weighted by Gasteiger charge is -2.49. The number of rotatable bonds is 6. The van der Waals surface area contributed by atoms with Gasteiger partial charge < -0.3 is 4.74 Å². The van der Waals surface area contributed by atoms with Gasteiger partial charge in [0.2, 0.25) is 0 Å². The molecule has 8 heteroatoms. The van der Waals surface area contributed by atoms with Crippen LogP contribution in [0, 0.1) is 34.8 Å². The molecule has 1 saturated heterocycles. The number of amides is 1. The Morgan fingerprint density at radius 2 is 1.93 bits per heavy atom. The van der Waals surface area contributed by atoms with Crippen molar-refractivity contribution in [3.05, 3.63) is 28.3 Å². The second-order valence-electron chi connectivity index (χ2n) is 9.62. The van der Waals surface area contributed by atoms with Crippen molar-refractivity contribution in [3.63, 3.8) is 0 Å². The van der Waals surface area contributed by atoms with Crippen LogP contribution in [-0.4, -0.2) is 29.9 Å². The van der Waals surface area contributed by atoms with Crippen molar-refractivity contribution in [3.8, 4) is 5.75 Å². The van der Waals surface area contributed by atoms with Crippen molar-refractivity contribution in [1.82, 2.24) is 9.03 Å². The molecule has 1 aromatic rings. The SMILES string of the molecule is CC1CC2CC(C)CC(COc3c(F)cc(C(=O)NSN4CCC4)c(F)c3Cl)(C1)C2. The third-order valence-electron chi connectivity index (χ3n) is 6.72. The van der Waals surface area contributed by atoms with Crippen LogP contribution in [-0.2, 0) is 0 Å². The largest absolute Gasteiger partial charge is 0.488 e. The minimum absolute atomic E-state index is 0.0177. The molecule has 4 nitrogen and oxygen atoms in total. The fraction of sp³-hybridized carbons (Fsp3) is 0.682. The molecule has 2 bridgehead atoms. The molecule has 0 aromatic heterocycles. The van der Waals surface area contributed by atoms with Gasteiger partial charge in [-0.25, -0.2) is 13.1 Å². The second-order valence-corrected chi connectivity index (χ2v) is 10.9. The third kappa shape index (κ3) is 4.58. The van der Waals surface area contributed by atoms with E-state index < -0.39 is 28.1 Å². The van der Waals surface area contributed by atoms with E-state index in [-0.39, 0.29) is 11.2 Å². The predicted molar refractivity (Wildman–Crippen MR) is 115 cm³/mol. The molecule has 0 radical (unpaired) electrons. The lowest BCUT2D eigenvalue weighted by atomic mass is 9.57. The van der Waals surface area contributed by atoms with E-state index >= 15 is 0 Å². The van der Waals surface area contributed by atoms with Crippen molar-refractivity contribution >= 4 is 29.6 Å². The first-order chi connectivity index (χ1) is 14.3. The molecule has 166 valence electrons. The molecular weight excluding hydrogens is 430 g/mol. The van der Waals surface area contributed by atoms with Gasteiger partial charge in [0.15, 0.2) is 17.4 Å². The average Bonchev–Trinajstić information content (AvgIpc) is 2.61. The lowest BCUT2D eigenvalue weighted by molar-refractivity contribution is -0.0173. The zero-order valence-corrected chi connectivity index (χ0v) is 19.1. The molecule has 2 saturated carbocycles. The number of carbonyl (C=O) groups excluding carboxylic acids is 1. The number of nitrogens with one attached hydrogen (secondary N) is 1. The van der Waals surface area contributed by atoms with Gasteiger partial charge in [0.05, 0.1) is 12.2 Å². The number of ether oxygens (including phenoxy) is 1. The lowest BCUT2D eigenvalue weighted by Crippen LogP contribution is -2.43. The Bertz CT molecular complexity index is 801. The molecule has 3 aliphatic rings. The predicted octanol–water partition coefficient (Wildman–Crippen LogP) is 5.85. The van der Waals surface area contributed by atoms with E-state index in [0.717, 1.165) is 57.0 Å². The minimum Gasteiger partial charge on any atom is -0.488 e. The summed E-state index contributed by atoms with van der Waals surface area (Å²) in [6, 6.07) is 0.885. The molecule has 1 amide bonds. The molecule has 2 atom stereocenters. The van der Waals surface area contributed by atoms with E-state index in [1.165, 1.54) is 12.8 Å². The molecule has 1 aliphatic heterocycles. The highest BCUT2D eigenvalue weighted by Gasteiger charge is 2.45. The molecular formula is C22H29ClF2N2O2S. The van der Waals surface area contributed by atoms with Crippen LogP contribution in [0.2, 0.25) is 5.02 Å². The maximum absolute atomic E-state index is 14.8. The standard InChI is InChI=1S/C22H29ClF2N2O2S/c1-13-6-15-7-14(2)10-22(9-13,11-15)12-29-20-17(24)8-16(19(25)18(20)23)21(28)26-30-27-4-3-5-27/h8,13-15H,3-7,9-12H2,1-2H3,(H,26,28). The molecule has 0 spiro atoms. The Labute approximate surface area is 186 Å². The normalized spacial score (nSPS) is 31.2. The number of halogens is 3. The van der Waals surface area contributed by atoms with Crippen molar-refractivity contribution in [2.24, 2.45) is 23.2 Å². The zero-order valence-electron chi connectivity index (χ0n) is 17.5. The first-order valence-electron chi connectivity index (χ1n) is 10.8. The summed E-state index contributed by atoms with van der Waals surface area (Å²) in [5.41, 5.74) is -0.426. The van der Waals surface area contributed by atoms with Crippen molar-refractivity contribution in [2.45, 2.75) is 52.4 Å². The molecule has 4 rings (SSSR count). The molecule has 3 fully saturated rings. The zero-order chi connectivity index (χ0) is 21.5. The Balaban J connectivity index is 1.47. The van der Waals surface area contributed by atoms with E-state index in [4.69, 9.17) is 16.3 Å². The summed E-state index contributed by atoms with van der Waals surface area (Å²) in [4.78, 5) is 12.3. The highest BCUT2D eigenvalue weighted by molar-refractivity contribution is 7.95. The van der Waals surface area contributed by atoms with Gasteiger partial charge in [-0.15, -0.1) is 0 Å². The Hall–Kier alpha value is -1.05. The molecule has 2 unspecified atom stereocenters. The Morgan fingerprint density at radius 1 is 1.27 bits per heavy atom. The van der Waals surface area contributed by atoms with E-state index in [0.29, 0.717) is 24.4 Å². The van der Waals surface area contributed by atoms with Gasteiger partial charge in [0.1, 0.15) is 5.02 Å². The molecule has 1 N–H and O–H groups in total. The van der Waals surface area contributed by atoms with E-state index in [1.807, 2.05) is 4.31 Å². The van der Waals surface area contributed by atoms with Crippen LogP contribution in [0.3, 0.4) is 0 Å². The van der Waals surface area contributed by atoms with Gasteiger partial charge in [-0.1, -0.05) is 25.4 Å². The summed E-state index contributed by atoms with van der Waals surface area (Å²) in [6.07, 6.45) is 6.65. The number of hydrogen-bond acceptors (Lipinski definition) is 4. The summed E-state index contributed by atoms with van der Waals surface area (Å²) in [6.45, 7) is 6.56. The van der Waals surface area contributed by atoms with E-state index in [9.17, 15) is 13.6 Å². The smallest absolute Gasteiger partial charge is 0.265 e.